The van der Waals surface area contributed by atoms with E-state index >= 15 is 0 Å². The number of nitrogens with zero attached hydrogens (tertiary/aromatic N) is 5. The SMILES string of the molecule is CN(C)C(=NCc1ccccc1)NCCCc1nn(-c2ccc(F)cc2)c(N)c1C#N.I. The highest BCUT2D eigenvalue weighted by Gasteiger charge is 2.16. The molecular weight excluding hydrogens is 520 g/mol. The van der Waals surface area contributed by atoms with Crippen LogP contribution in [0.15, 0.2) is 59.6 Å². The number of nitrogens with one attached hydrogen (secondary N) is 1. The van der Waals surface area contributed by atoms with Crippen molar-refractivity contribution >= 4 is 35.8 Å². The lowest BCUT2D eigenvalue weighted by Gasteiger charge is -2.17. The maximum atomic E-state index is 13.2. The number of hydrogen-bond donors (Lipinski definition) is 2. The number of aryl methyl sites for hydroxylation is 1. The first-order valence-electron chi connectivity index (χ1n) is 10.0. The zero-order valence-corrected chi connectivity index (χ0v) is 20.5. The second-order valence-corrected chi connectivity index (χ2v) is 7.26. The molecule has 0 saturated carbocycles. The molecule has 7 nitrogen and oxygen atoms in total. The fourth-order valence-electron chi connectivity index (χ4n) is 3.12. The van der Waals surface area contributed by atoms with Crippen LogP contribution in [-0.4, -0.2) is 41.3 Å². The Morgan fingerprint density at radius 1 is 1.19 bits per heavy atom. The number of guanidine groups is 1. The molecule has 3 aromatic rings. The van der Waals surface area contributed by atoms with Gasteiger partial charge in [0.1, 0.15) is 23.3 Å². The first-order valence-corrected chi connectivity index (χ1v) is 10.0. The lowest BCUT2D eigenvalue weighted by atomic mass is 10.1. The summed E-state index contributed by atoms with van der Waals surface area (Å²) in [5, 5.41) is 17.3. The van der Waals surface area contributed by atoms with Crippen molar-refractivity contribution in [3.05, 3.63) is 77.2 Å². The Morgan fingerprint density at radius 2 is 1.88 bits per heavy atom. The third kappa shape index (κ3) is 6.43. The van der Waals surface area contributed by atoms with Gasteiger partial charge in [-0.05, 0) is 42.7 Å². The molecule has 3 N–H and O–H groups in total. The Balaban J connectivity index is 0.00000363. The van der Waals surface area contributed by atoms with Crippen molar-refractivity contribution in [3.63, 3.8) is 0 Å². The average molecular weight is 547 g/mol. The van der Waals surface area contributed by atoms with E-state index in [2.05, 4.69) is 21.5 Å². The molecule has 1 heterocycles. The van der Waals surface area contributed by atoms with E-state index in [0.717, 1.165) is 17.9 Å². The second-order valence-electron chi connectivity index (χ2n) is 7.26. The van der Waals surface area contributed by atoms with Crippen molar-refractivity contribution in [2.45, 2.75) is 19.4 Å². The predicted octanol–water partition coefficient (Wildman–Crippen LogP) is 3.72. The fraction of sp³-hybridized carbons (Fsp3) is 0.261. The molecule has 0 unspecified atom stereocenters. The number of aliphatic imine (C=N–C) groups is 1. The summed E-state index contributed by atoms with van der Waals surface area (Å²) in [5.74, 6) is 0.711. The van der Waals surface area contributed by atoms with E-state index in [4.69, 9.17) is 5.73 Å². The zero-order chi connectivity index (χ0) is 22.2. The molecule has 0 atom stereocenters. The van der Waals surface area contributed by atoms with Gasteiger partial charge in [-0.25, -0.2) is 14.1 Å². The van der Waals surface area contributed by atoms with Crippen LogP contribution in [0.4, 0.5) is 10.2 Å². The summed E-state index contributed by atoms with van der Waals surface area (Å²) in [4.78, 5) is 6.58. The highest BCUT2D eigenvalue weighted by Crippen LogP contribution is 2.21. The molecule has 9 heteroatoms. The molecule has 1 aromatic heterocycles. The van der Waals surface area contributed by atoms with Crippen molar-refractivity contribution in [1.29, 1.82) is 5.26 Å². The minimum absolute atomic E-state index is 0. The van der Waals surface area contributed by atoms with Gasteiger partial charge in [-0.1, -0.05) is 30.3 Å². The zero-order valence-electron chi connectivity index (χ0n) is 18.1. The van der Waals surface area contributed by atoms with Crippen LogP contribution >= 0.6 is 24.0 Å². The van der Waals surface area contributed by atoms with Gasteiger partial charge < -0.3 is 16.0 Å². The second kappa shape index (κ2) is 12.0. The molecule has 32 heavy (non-hydrogen) atoms. The molecule has 168 valence electrons. The summed E-state index contributed by atoms with van der Waals surface area (Å²) >= 11 is 0. The van der Waals surface area contributed by atoms with E-state index in [1.165, 1.54) is 16.8 Å². The lowest BCUT2D eigenvalue weighted by molar-refractivity contribution is 0.573. The summed E-state index contributed by atoms with van der Waals surface area (Å²) in [7, 11) is 3.88. The van der Waals surface area contributed by atoms with Gasteiger partial charge in [0, 0.05) is 20.6 Å². The van der Waals surface area contributed by atoms with Crippen LogP contribution in [0.1, 0.15) is 23.2 Å². The molecule has 0 aliphatic carbocycles. The van der Waals surface area contributed by atoms with Crippen LogP contribution in [-0.2, 0) is 13.0 Å². The van der Waals surface area contributed by atoms with Crippen molar-refractivity contribution in [2.24, 2.45) is 4.99 Å². The Hall–Kier alpha value is -3.13. The first kappa shape index (κ1) is 25.1. The Kier molecular flexibility index (Phi) is 9.46. The number of nitrogen functional groups attached to an aromatic ring is 1. The van der Waals surface area contributed by atoms with Crippen LogP contribution < -0.4 is 11.1 Å². The van der Waals surface area contributed by atoms with E-state index in [0.29, 0.717) is 36.5 Å². The summed E-state index contributed by atoms with van der Waals surface area (Å²) < 4.78 is 14.7. The maximum Gasteiger partial charge on any atom is 0.193 e. The lowest BCUT2D eigenvalue weighted by Crippen LogP contribution is -2.37. The van der Waals surface area contributed by atoms with Gasteiger partial charge in [0.25, 0.3) is 0 Å². The molecule has 0 aliphatic heterocycles. The number of anilines is 1. The largest absolute Gasteiger partial charge is 0.382 e. The van der Waals surface area contributed by atoms with Gasteiger partial charge in [0.05, 0.1) is 17.9 Å². The fourth-order valence-corrected chi connectivity index (χ4v) is 3.12. The van der Waals surface area contributed by atoms with Crippen LogP contribution in [0.2, 0.25) is 0 Å². The standard InChI is InChI=1S/C23H26FN7.HI/c1-30(2)23(28-16-17-7-4-3-5-8-17)27-14-6-9-21-20(15-25)22(26)31(29-21)19-12-10-18(24)11-13-19;/h3-5,7-8,10-13H,6,9,14,16,26H2,1-2H3,(H,27,28);1H. The van der Waals surface area contributed by atoms with Crippen LogP contribution in [0.5, 0.6) is 0 Å². The molecule has 2 aromatic carbocycles. The van der Waals surface area contributed by atoms with Crippen LogP contribution in [0.3, 0.4) is 0 Å². The summed E-state index contributed by atoms with van der Waals surface area (Å²) in [5.41, 5.74) is 8.85. The first-order chi connectivity index (χ1) is 15.0. The molecule has 0 fully saturated rings. The summed E-state index contributed by atoms with van der Waals surface area (Å²) in [6.07, 6.45) is 1.32. The molecule has 0 amide bonds. The maximum absolute atomic E-state index is 13.2. The number of halogens is 2. The van der Waals surface area contributed by atoms with E-state index in [-0.39, 0.29) is 35.6 Å². The number of hydrogen-bond acceptors (Lipinski definition) is 4. The van der Waals surface area contributed by atoms with E-state index < -0.39 is 0 Å². The highest BCUT2D eigenvalue weighted by atomic mass is 127. The summed E-state index contributed by atoms with van der Waals surface area (Å²) in [6.45, 7) is 1.26. The highest BCUT2D eigenvalue weighted by molar-refractivity contribution is 14.0. The van der Waals surface area contributed by atoms with Gasteiger partial charge in [0.15, 0.2) is 5.96 Å². The molecule has 0 aliphatic rings. The average Bonchev–Trinajstić information content (AvgIpc) is 3.09. The number of benzene rings is 2. The third-order valence-corrected chi connectivity index (χ3v) is 4.73. The van der Waals surface area contributed by atoms with Crippen molar-refractivity contribution in [2.75, 3.05) is 26.4 Å². The van der Waals surface area contributed by atoms with Crippen molar-refractivity contribution < 1.29 is 4.39 Å². The smallest absolute Gasteiger partial charge is 0.193 e. The molecule has 0 saturated heterocycles. The van der Waals surface area contributed by atoms with Crippen molar-refractivity contribution in [1.82, 2.24) is 20.0 Å². The van der Waals surface area contributed by atoms with Crippen LogP contribution in [0.25, 0.3) is 5.69 Å². The minimum atomic E-state index is -0.341. The number of nitrogens with two attached hydrogens (primary N) is 1. The molecule has 0 spiro atoms. The van der Waals surface area contributed by atoms with Crippen LogP contribution in [0, 0.1) is 17.1 Å². The molecule has 3 rings (SSSR count). The van der Waals surface area contributed by atoms with Gasteiger partial charge in [-0.3, -0.25) is 0 Å². The number of aromatic nitrogens is 2. The topological polar surface area (TPSA) is 95.3 Å². The van der Waals surface area contributed by atoms with Crippen molar-refractivity contribution in [3.8, 4) is 11.8 Å². The Morgan fingerprint density at radius 3 is 2.50 bits per heavy atom. The minimum Gasteiger partial charge on any atom is -0.382 e. The van der Waals surface area contributed by atoms with Gasteiger partial charge in [-0.2, -0.15) is 10.4 Å². The number of nitriles is 1. The number of rotatable bonds is 7. The van der Waals surface area contributed by atoms with E-state index in [1.54, 1.807) is 12.1 Å². The third-order valence-electron chi connectivity index (χ3n) is 4.73. The molecule has 0 bridgehead atoms. The Labute approximate surface area is 204 Å². The van der Waals surface area contributed by atoms with E-state index in [9.17, 15) is 9.65 Å². The van der Waals surface area contributed by atoms with Gasteiger partial charge in [0.2, 0.25) is 0 Å². The van der Waals surface area contributed by atoms with Gasteiger partial charge >= 0.3 is 0 Å². The quantitative estimate of drug-likeness (QED) is 0.204. The van der Waals surface area contributed by atoms with Gasteiger partial charge in [-0.15, -0.1) is 24.0 Å². The van der Waals surface area contributed by atoms with E-state index in [1.807, 2.05) is 49.3 Å². The predicted molar refractivity (Wildman–Crippen MR) is 136 cm³/mol. The molecule has 0 radical (unpaired) electrons. The Bertz CT molecular complexity index is 1070. The normalized spacial score (nSPS) is 10.9. The summed E-state index contributed by atoms with van der Waals surface area (Å²) in [6, 6.07) is 18.0. The monoisotopic (exact) mass is 547 g/mol. The molecular formula is C23H27FIN7.